The number of hydrogen-bond donors (Lipinski definition) is 0. The Morgan fingerprint density at radius 1 is 1.52 bits per heavy atom. The maximum absolute atomic E-state index is 12.4. The van der Waals surface area contributed by atoms with Gasteiger partial charge in [-0.15, -0.1) is 0 Å². The molecule has 5 heteroatoms. The predicted molar refractivity (Wildman–Crippen MR) is 97.7 cm³/mol. The van der Waals surface area contributed by atoms with Gasteiger partial charge in [0.1, 0.15) is 5.75 Å². The maximum atomic E-state index is 12.4. The van der Waals surface area contributed by atoms with Crippen LogP contribution in [-0.2, 0) is 20.8 Å². The summed E-state index contributed by atoms with van der Waals surface area (Å²) >= 11 is 0. The Balaban J connectivity index is 2.19. The minimum atomic E-state index is -0.104. The minimum absolute atomic E-state index is 0.0350. The number of rotatable bonds is 9. The summed E-state index contributed by atoms with van der Waals surface area (Å²) in [5.74, 6) is 0.997. The lowest BCUT2D eigenvalue weighted by atomic mass is 10.0. The lowest BCUT2D eigenvalue weighted by Crippen LogP contribution is -2.41. The molecule has 0 aromatic heterocycles. The van der Waals surface area contributed by atoms with Gasteiger partial charge in [-0.05, 0) is 32.4 Å². The van der Waals surface area contributed by atoms with Gasteiger partial charge in [0.15, 0.2) is 0 Å². The van der Waals surface area contributed by atoms with E-state index in [9.17, 15) is 4.79 Å². The van der Waals surface area contributed by atoms with Gasteiger partial charge in [-0.3, -0.25) is 4.79 Å². The van der Waals surface area contributed by atoms with Crippen molar-refractivity contribution < 1.29 is 19.0 Å². The second-order valence-corrected chi connectivity index (χ2v) is 6.36. The molecule has 0 aliphatic carbocycles. The molecule has 25 heavy (non-hydrogen) atoms. The average Bonchev–Trinajstić information content (AvgIpc) is 3.14. The highest BCUT2D eigenvalue weighted by molar-refractivity contribution is 5.87. The molecular weight excluding hydrogens is 318 g/mol. The van der Waals surface area contributed by atoms with Gasteiger partial charge in [-0.1, -0.05) is 24.3 Å². The van der Waals surface area contributed by atoms with E-state index in [1.807, 2.05) is 26.0 Å². The third-order valence-electron chi connectivity index (χ3n) is 4.56. The Hall–Kier alpha value is -1.85. The molecular formula is C20H29NO4. The molecule has 1 aliphatic rings. The predicted octanol–water partition coefficient (Wildman–Crippen LogP) is 2.96. The highest BCUT2D eigenvalue weighted by Gasteiger charge is 2.29. The van der Waals surface area contributed by atoms with E-state index in [1.165, 1.54) is 6.08 Å². The van der Waals surface area contributed by atoms with Crippen LogP contribution in [0.15, 0.2) is 30.9 Å². The maximum Gasteiger partial charge on any atom is 0.246 e. The number of aryl methyl sites for hydroxylation is 1. The first-order valence-corrected chi connectivity index (χ1v) is 8.83. The molecule has 1 aromatic carbocycles. The molecule has 0 spiro atoms. The molecule has 0 N–H and O–H groups in total. The molecule has 1 heterocycles. The van der Waals surface area contributed by atoms with Crippen LogP contribution in [0.4, 0.5) is 0 Å². The van der Waals surface area contributed by atoms with Gasteiger partial charge in [0.05, 0.1) is 19.8 Å². The van der Waals surface area contributed by atoms with Crippen LogP contribution in [0.3, 0.4) is 0 Å². The van der Waals surface area contributed by atoms with Gasteiger partial charge in [0.2, 0.25) is 5.91 Å². The molecule has 0 bridgehead atoms. The van der Waals surface area contributed by atoms with Crippen molar-refractivity contribution in [3.8, 4) is 5.75 Å². The molecule has 1 fully saturated rings. The highest BCUT2D eigenvalue weighted by atomic mass is 16.5. The van der Waals surface area contributed by atoms with Crippen LogP contribution in [-0.4, -0.2) is 50.4 Å². The van der Waals surface area contributed by atoms with E-state index >= 15 is 0 Å². The van der Waals surface area contributed by atoms with Crippen LogP contribution >= 0.6 is 0 Å². The standard InChI is InChI=1S/C20H29NO4/c1-5-20(22)21(12-17-11-15(3)7-8-18(17)23-4)13-19(25-6-2)16-9-10-24-14-16/h5,7-8,11,16,19H,1,6,9-10,12-14H2,2-4H3. The van der Waals surface area contributed by atoms with E-state index in [4.69, 9.17) is 14.2 Å². The van der Waals surface area contributed by atoms with Gasteiger partial charge in [-0.25, -0.2) is 0 Å². The lowest BCUT2D eigenvalue weighted by Gasteiger charge is -2.30. The molecule has 0 radical (unpaired) electrons. The summed E-state index contributed by atoms with van der Waals surface area (Å²) in [6, 6.07) is 5.99. The van der Waals surface area contributed by atoms with E-state index in [1.54, 1.807) is 12.0 Å². The summed E-state index contributed by atoms with van der Waals surface area (Å²) in [6.45, 7) is 10.7. The molecule has 138 valence electrons. The normalized spacial score (nSPS) is 18.0. The number of ether oxygens (including phenoxy) is 3. The number of methoxy groups -OCH3 is 1. The van der Waals surface area contributed by atoms with Gasteiger partial charge < -0.3 is 19.1 Å². The van der Waals surface area contributed by atoms with E-state index in [0.29, 0.717) is 32.2 Å². The fraction of sp³-hybridized carbons (Fsp3) is 0.550. The van der Waals surface area contributed by atoms with Crippen molar-refractivity contribution in [3.63, 3.8) is 0 Å². The average molecular weight is 347 g/mol. The second-order valence-electron chi connectivity index (χ2n) is 6.36. The number of carbonyl (C=O) groups excluding carboxylic acids is 1. The lowest BCUT2D eigenvalue weighted by molar-refractivity contribution is -0.129. The summed E-state index contributed by atoms with van der Waals surface area (Å²) in [4.78, 5) is 14.2. The molecule has 2 rings (SSSR count). The third-order valence-corrected chi connectivity index (χ3v) is 4.56. The first-order chi connectivity index (χ1) is 12.1. The third kappa shape index (κ3) is 5.31. The summed E-state index contributed by atoms with van der Waals surface area (Å²) in [5.41, 5.74) is 2.11. The summed E-state index contributed by atoms with van der Waals surface area (Å²) < 4.78 is 16.9. The van der Waals surface area contributed by atoms with E-state index in [2.05, 4.69) is 12.6 Å². The van der Waals surface area contributed by atoms with Gasteiger partial charge in [-0.2, -0.15) is 0 Å². The molecule has 0 saturated carbocycles. The monoisotopic (exact) mass is 347 g/mol. The molecule has 5 nitrogen and oxygen atoms in total. The largest absolute Gasteiger partial charge is 0.496 e. The molecule has 1 saturated heterocycles. The number of carbonyl (C=O) groups is 1. The molecule has 1 aromatic rings. The van der Waals surface area contributed by atoms with Gasteiger partial charge in [0.25, 0.3) is 0 Å². The highest BCUT2D eigenvalue weighted by Crippen LogP contribution is 2.24. The van der Waals surface area contributed by atoms with Crippen LogP contribution in [0.1, 0.15) is 24.5 Å². The zero-order valence-electron chi connectivity index (χ0n) is 15.5. The topological polar surface area (TPSA) is 48.0 Å². The zero-order chi connectivity index (χ0) is 18.2. The van der Waals surface area contributed by atoms with E-state index < -0.39 is 0 Å². The van der Waals surface area contributed by atoms with Crippen LogP contribution in [0, 0.1) is 12.8 Å². The number of hydrogen-bond acceptors (Lipinski definition) is 4. The molecule has 2 atom stereocenters. The fourth-order valence-electron chi connectivity index (χ4n) is 3.21. The fourth-order valence-corrected chi connectivity index (χ4v) is 3.21. The number of benzene rings is 1. The zero-order valence-corrected chi connectivity index (χ0v) is 15.5. The van der Waals surface area contributed by atoms with Crippen molar-refractivity contribution in [2.75, 3.05) is 33.5 Å². The first-order valence-electron chi connectivity index (χ1n) is 8.83. The molecule has 1 amide bonds. The molecule has 1 aliphatic heterocycles. The van der Waals surface area contributed by atoms with Crippen molar-refractivity contribution in [1.29, 1.82) is 0 Å². The second kappa shape index (κ2) is 9.59. The number of nitrogens with zero attached hydrogens (tertiary/aromatic N) is 1. The Morgan fingerprint density at radius 3 is 2.92 bits per heavy atom. The SMILES string of the molecule is C=CC(=O)N(Cc1cc(C)ccc1OC)CC(OCC)C1CCOC1. The summed E-state index contributed by atoms with van der Waals surface area (Å²) in [6.07, 6.45) is 2.29. The smallest absolute Gasteiger partial charge is 0.246 e. The summed E-state index contributed by atoms with van der Waals surface area (Å²) in [5, 5.41) is 0. The van der Waals surface area contributed by atoms with Crippen LogP contribution in [0.2, 0.25) is 0 Å². The van der Waals surface area contributed by atoms with Crippen molar-refractivity contribution in [2.24, 2.45) is 5.92 Å². The van der Waals surface area contributed by atoms with Crippen LogP contribution in [0.5, 0.6) is 5.75 Å². The van der Waals surface area contributed by atoms with Crippen LogP contribution in [0.25, 0.3) is 0 Å². The minimum Gasteiger partial charge on any atom is -0.496 e. The number of amides is 1. The Kier molecular flexibility index (Phi) is 7.47. The van der Waals surface area contributed by atoms with Crippen molar-refractivity contribution in [1.82, 2.24) is 4.90 Å². The Bertz CT molecular complexity index is 581. The van der Waals surface area contributed by atoms with E-state index in [0.717, 1.165) is 29.9 Å². The van der Waals surface area contributed by atoms with Crippen molar-refractivity contribution in [3.05, 3.63) is 42.0 Å². The quantitative estimate of drug-likeness (QED) is 0.645. The molecule has 2 unspecified atom stereocenters. The van der Waals surface area contributed by atoms with Crippen LogP contribution < -0.4 is 4.74 Å². The van der Waals surface area contributed by atoms with Gasteiger partial charge >= 0.3 is 0 Å². The Morgan fingerprint density at radius 2 is 2.32 bits per heavy atom. The first kappa shape index (κ1) is 19.5. The van der Waals surface area contributed by atoms with Crippen molar-refractivity contribution in [2.45, 2.75) is 32.9 Å². The van der Waals surface area contributed by atoms with Crippen molar-refractivity contribution >= 4 is 5.91 Å². The Labute approximate surface area is 150 Å². The summed E-state index contributed by atoms with van der Waals surface area (Å²) in [7, 11) is 1.65. The van der Waals surface area contributed by atoms with Gasteiger partial charge in [0, 0.05) is 37.8 Å². The van der Waals surface area contributed by atoms with E-state index in [-0.39, 0.29) is 12.0 Å².